The van der Waals surface area contributed by atoms with E-state index in [4.69, 9.17) is 0 Å². The van der Waals surface area contributed by atoms with Gasteiger partial charge in [-0.3, -0.25) is 0 Å². The van der Waals surface area contributed by atoms with Crippen LogP contribution in [-0.4, -0.2) is 14.1 Å². The second-order valence-corrected chi connectivity index (χ2v) is 2.48. The van der Waals surface area contributed by atoms with Gasteiger partial charge in [-0.1, -0.05) is 12.1 Å². The van der Waals surface area contributed by atoms with Crippen LogP contribution in [-0.2, 0) is 4.79 Å². The van der Waals surface area contributed by atoms with Crippen LogP contribution in [0.1, 0.15) is 11.4 Å². The van der Waals surface area contributed by atoms with Crippen molar-refractivity contribution in [1.82, 2.24) is 0 Å². The summed E-state index contributed by atoms with van der Waals surface area (Å²) in [5.41, 5.74) is 0.849. The summed E-state index contributed by atoms with van der Waals surface area (Å²) in [6.07, 6.45) is 0.841. The molecule has 1 unspecified atom stereocenters. The SMILES string of the molecule is BC(C=O)c1ccc(F)cc1. The Labute approximate surface area is 65.6 Å². The third-order valence-electron chi connectivity index (χ3n) is 1.60. The van der Waals surface area contributed by atoms with Crippen LogP contribution in [0.15, 0.2) is 24.3 Å². The highest BCUT2D eigenvalue weighted by molar-refractivity contribution is 6.20. The van der Waals surface area contributed by atoms with Gasteiger partial charge in [0.1, 0.15) is 19.9 Å². The first kappa shape index (κ1) is 7.99. The van der Waals surface area contributed by atoms with Crippen molar-refractivity contribution in [3.8, 4) is 0 Å². The van der Waals surface area contributed by atoms with Crippen LogP contribution in [0, 0.1) is 5.82 Å². The van der Waals surface area contributed by atoms with Gasteiger partial charge in [-0.05, 0) is 17.7 Å². The van der Waals surface area contributed by atoms with E-state index in [0.29, 0.717) is 0 Å². The average molecular weight is 150 g/mol. The fourth-order valence-electron chi connectivity index (χ4n) is 0.845. The fraction of sp³-hybridized carbons (Fsp3) is 0.125. The fourth-order valence-corrected chi connectivity index (χ4v) is 0.845. The van der Waals surface area contributed by atoms with E-state index in [-0.39, 0.29) is 11.6 Å². The van der Waals surface area contributed by atoms with E-state index in [9.17, 15) is 9.18 Å². The van der Waals surface area contributed by atoms with Crippen molar-refractivity contribution in [2.45, 2.75) is 5.82 Å². The summed E-state index contributed by atoms with van der Waals surface area (Å²) in [4.78, 5) is 10.3. The Hall–Kier alpha value is -1.12. The molecule has 0 aromatic heterocycles. The third-order valence-corrected chi connectivity index (χ3v) is 1.60. The molecule has 1 rings (SSSR count). The minimum Gasteiger partial charge on any atom is -0.304 e. The van der Waals surface area contributed by atoms with Gasteiger partial charge in [0.2, 0.25) is 0 Å². The summed E-state index contributed by atoms with van der Waals surface area (Å²) in [7, 11) is 1.78. The zero-order chi connectivity index (χ0) is 8.27. The molecule has 1 aromatic carbocycles. The lowest BCUT2D eigenvalue weighted by Crippen LogP contribution is -1.98. The number of carbonyl (C=O) groups is 1. The number of carbonyl (C=O) groups excluding carboxylic acids is 1. The lowest BCUT2D eigenvalue weighted by Gasteiger charge is -2.01. The molecular weight excluding hydrogens is 142 g/mol. The largest absolute Gasteiger partial charge is 0.304 e. The van der Waals surface area contributed by atoms with E-state index in [2.05, 4.69) is 0 Å². The Morgan fingerprint density at radius 1 is 1.36 bits per heavy atom. The van der Waals surface area contributed by atoms with Crippen LogP contribution in [0.25, 0.3) is 0 Å². The lowest BCUT2D eigenvalue weighted by molar-refractivity contribution is -0.107. The number of rotatable bonds is 2. The maximum atomic E-state index is 12.4. The first-order chi connectivity index (χ1) is 5.24. The molecule has 0 radical (unpaired) electrons. The molecule has 0 saturated carbocycles. The maximum absolute atomic E-state index is 12.4. The van der Waals surface area contributed by atoms with Crippen molar-refractivity contribution in [1.29, 1.82) is 0 Å². The Morgan fingerprint density at radius 3 is 2.36 bits per heavy atom. The molecule has 1 nitrogen and oxygen atoms in total. The summed E-state index contributed by atoms with van der Waals surface area (Å²) < 4.78 is 12.4. The van der Waals surface area contributed by atoms with E-state index < -0.39 is 0 Å². The Kier molecular flexibility index (Phi) is 2.42. The van der Waals surface area contributed by atoms with E-state index in [1.165, 1.54) is 12.1 Å². The van der Waals surface area contributed by atoms with Gasteiger partial charge in [-0.25, -0.2) is 4.39 Å². The topological polar surface area (TPSA) is 17.1 Å². The van der Waals surface area contributed by atoms with Crippen LogP contribution in [0.2, 0.25) is 0 Å². The molecule has 0 amide bonds. The smallest absolute Gasteiger partial charge is 0.123 e. The molecule has 0 saturated heterocycles. The van der Waals surface area contributed by atoms with Gasteiger partial charge >= 0.3 is 0 Å². The van der Waals surface area contributed by atoms with Gasteiger partial charge in [-0.15, -0.1) is 0 Å². The van der Waals surface area contributed by atoms with Crippen molar-refractivity contribution in [3.05, 3.63) is 35.6 Å². The Morgan fingerprint density at radius 2 is 1.91 bits per heavy atom. The van der Waals surface area contributed by atoms with Crippen LogP contribution < -0.4 is 0 Å². The third kappa shape index (κ3) is 1.90. The van der Waals surface area contributed by atoms with Gasteiger partial charge in [0.15, 0.2) is 0 Å². The zero-order valence-corrected chi connectivity index (χ0v) is 6.25. The van der Waals surface area contributed by atoms with Crippen molar-refractivity contribution in [2.24, 2.45) is 0 Å². The molecular formula is C8H8BFO. The van der Waals surface area contributed by atoms with Crippen molar-refractivity contribution in [3.63, 3.8) is 0 Å². The molecule has 0 bridgehead atoms. The first-order valence-electron chi connectivity index (χ1n) is 3.45. The minimum absolute atomic E-state index is 0.143. The van der Waals surface area contributed by atoms with E-state index >= 15 is 0 Å². The second-order valence-electron chi connectivity index (χ2n) is 2.48. The molecule has 0 fully saturated rings. The molecule has 56 valence electrons. The van der Waals surface area contributed by atoms with E-state index in [1.54, 1.807) is 20.0 Å². The summed E-state index contributed by atoms with van der Waals surface area (Å²) in [6, 6.07) is 5.95. The van der Waals surface area contributed by atoms with Crippen LogP contribution >= 0.6 is 0 Å². The summed E-state index contributed by atoms with van der Waals surface area (Å²) in [5.74, 6) is -0.414. The number of hydrogen-bond donors (Lipinski definition) is 0. The van der Waals surface area contributed by atoms with Crippen LogP contribution in [0.5, 0.6) is 0 Å². The van der Waals surface area contributed by atoms with Gasteiger partial charge in [-0.2, -0.15) is 0 Å². The van der Waals surface area contributed by atoms with Crippen molar-refractivity contribution in [2.75, 3.05) is 0 Å². The van der Waals surface area contributed by atoms with Gasteiger partial charge < -0.3 is 4.79 Å². The molecule has 0 aliphatic heterocycles. The van der Waals surface area contributed by atoms with Crippen molar-refractivity contribution < 1.29 is 9.18 Å². The quantitative estimate of drug-likeness (QED) is 0.447. The summed E-state index contributed by atoms with van der Waals surface area (Å²) in [6.45, 7) is 0. The molecule has 1 aromatic rings. The molecule has 3 heteroatoms. The van der Waals surface area contributed by atoms with E-state index in [0.717, 1.165) is 11.8 Å². The molecule has 11 heavy (non-hydrogen) atoms. The highest BCUT2D eigenvalue weighted by Gasteiger charge is 2.02. The molecule has 0 aliphatic carbocycles. The second kappa shape index (κ2) is 3.33. The highest BCUT2D eigenvalue weighted by Crippen LogP contribution is 2.09. The Bertz CT molecular complexity index is 245. The standard InChI is InChI=1S/C8H8BFO/c9-8(5-11)6-1-3-7(10)4-2-6/h1-5,8H,9H2. The van der Waals surface area contributed by atoms with Crippen molar-refractivity contribution >= 4 is 14.1 Å². The first-order valence-corrected chi connectivity index (χ1v) is 3.45. The molecule has 0 aliphatic rings. The molecule has 1 atom stereocenters. The Balaban J connectivity index is 2.89. The van der Waals surface area contributed by atoms with E-state index in [1.807, 2.05) is 0 Å². The predicted molar refractivity (Wildman–Crippen MR) is 43.7 cm³/mol. The molecule has 0 spiro atoms. The van der Waals surface area contributed by atoms with Gasteiger partial charge in [0.05, 0.1) is 0 Å². The monoisotopic (exact) mass is 150 g/mol. The molecule has 0 heterocycles. The lowest BCUT2D eigenvalue weighted by atomic mass is 9.82. The predicted octanol–water partition coefficient (Wildman–Crippen LogP) is 0.699. The van der Waals surface area contributed by atoms with Crippen LogP contribution in [0.4, 0.5) is 4.39 Å². The maximum Gasteiger partial charge on any atom is 0.123 e. The average Bonchev–Trinajstić information content (AvgIpc) is 2.05. The minimum atomic E-state index is -0.271. The highest BCUT2D eigenvalue weighted by atomic mass is 19.1. The normalized spacial score (nSPS) is 12.5. The number of halogens is 1. The number of benzene rings is 1. The number of aldehydes is 1. The zero-order valence-electron chi connectivity index (χ0n) is 6.25. The summed E-state index contributed by atoms with van der Waals surface area (Å²) in [5, 5.41) is 0. The van der Waals surface area contributed by atoms with Crippen LogP contribution in [0.3, 0.4) is 0 Å². The summed E-state index contributed by atoms with van der Waals surface area (Å²) >= 11 is 0. The molecule has 0 N–H and O–H groups in total. The van der Waals surface area contributed by atoms with Gasteiger partial charge in [0.25, 0.3) is 0 Å². The van der Waals surface area contributed by atoms with Gasteiger partial charge in [0, 0.05) is 5.82 Å². The number of hydrogen-bond acceptors (Lipinski definition) is 1.